The SMILES string of the molecule is Cc1cccc(N2CCN(CC(=O)N3CCOCC3)CC2)c1. The molecule has 2 aliphatic rings. The maximum Gasteiger partial charge on any atom is 0.236 e. The Hall–Kier alpha value is -1.59. The highest BCUT2D eigenvalue weighted by Gasteiger charge is 2.23. The normalized spacial score (nSPS) is 20.2. The van der Waals surface area contributed by atoms with Crippen LogP contribution in [0.15, 0.2) is 24.3 Å². The van der Waals surface area contributed by atoms with E-state index >= 15 is 0 Å². The van der Waals surface area contributed by atoms with Gasteiger partial charge in [0.1, 0.15) is 0 Å². The fourth-order valence-electron chi connectivity index (χ4n) is 3.09. The lowest BCUT2D eigenvalue weighted by Crippen LogP contribution is -2.51. The molecular formula is C17H25N3O2. The predicted molar refractivity (Wildman–Crippen MR) is 87.2 cm³/mol. The Bertz CT molecular complexity index is 506. The van der Waals surface area contributed by atoms with Gasteiger partial charge in [0.05, 0.1) is 19.8 Å². The largest absolute Gasteiger partial charge is 0.378 e. The summed E-state index contributed by atoms with van der Waals surface area (Å²) >= 11 is 0. The molecule has 2 aliphatic heterocycles. The number of rotatable bonds is 3. The first kappa shape index (κ1) is 15.3. The molecule has 0 unspecified atom stereocenters. The van der Waals surface area contributed by atoms with E-state index in [9.17, 15) is 4.79 Å². The van der Waals surface area contributed by atoms with Crippen molar-refractivity contribution in [1.82, 2.24) is 9.80 Å². The molecule has 2 fully saturated rings. The summed E-state index contributed by atoms with van der Waals surface area (Å²) in [7, 11) is 0. The van der Waals surface area contributed by atoms with Crippen LogP contribution in [0.25, 0.3) is 0 Å². The zero-order chi connectivity index (χ0) is 15.4. The molecule has 0 N–H and O–H groups in total. The van der Waals surface area contributed by atoms with Crippen molar-refractivity contribution in [3.8, 4) is 0 Å². The number of carbonyl (C=O) groups excluding carboxylic acids is 1. The Morgan fingerprint density at radius 2 is 1.82 bits per heavy atom. The minimum atomic E-state index is 0.243. The molecule has 1 amide bonds. The van der Waals surface area contributed by atoms with Crippen molar-refractivity contribution < 1.29 is 9.53 Å². The molecule has 2 heterocycles. The lowest BCUT2D eigenvalue weighted by atomic mass is 10.2. The van der Waals surface area contributed by atoms with E-state index in [1.54, 1.807) is 0 Å². The van der Waals surface area contributed by atoms with Crippen LogP contribution in [0.2, 0.25) is 0 Å². The molecule has 0 aromatic heterocycles. The standard InChI is InChI=1S/C17H25N3O2/c1-15-3-2-4-16(13-15)19-7-5-18(6-8-19)14-17(21)20-9-11-22-12-10-20/h2-4,13H,5-12,14H2,1H3. The third-order valence-corrected chi connectivity index (χ3v) is 4.46. The maximum absolute atomic E-state index is 12.3. The second kappa shape index (κ2) is 7.11. The number of benzene rings is 1. The van der Waals surface area contributed by atoms with Gasteiger partial charge in [-0.2, -0.15) is 0 Å². The molecule has 2 saturated heterocycles. The van der Waals surface area contributed by atoms with E-state index in [-0.39, 0.29) is 5.91 Å². The molecule has 5 nitrogen and oxygen atoms in total. The molecule has 0 atom stereocenters. The molecule has 5 heteroatoms. The monoisotopic (exact) mass is 303 g/mol. The summed E-state index contributed by atoms with van der Waals surface area (Å²) < 4.78 is 5.30. The number of amides is 1. The molecule has 22 heavy (non-hydrogen) atoms. The van der Waals surface area contributed by atoms with Gasteiger partial charge in [0, 0.05) is 45.0 Å². The van der Waals surface area contributed by atoms with E-state index in [1.165, 1.54) is 11.3 Å². The third kappa shape index (κ3) is 3.78. The highest BCUT2D eigenvalue weighted by molar-refractivity contribution is 5.78. The van der Waals surface area contributed by atoms with Gasteiger partial charge in [0.2, 0.25) is 5.91 Å². The van der Waals surface area contributed by atoms with Gasteiger partial charge in [-0.15, -0.1) is 0 Å². The Kier molecular flexibility index (Phi) is 4.95. The molecule has 1 aromatic carbocycles. The quantitative estimate of drug-likeness (QED) is 0.834. The predicted octanol–water partition coefficient (Wildman–Crippen LogP) is 0.976. The highest BCUT2D eigenvalue weighted by Crippen LogP contribution is 2.17. The van der Waals surface area contributed by atoms with Gasteiger partial charge < -0.3 is 14.5 Å². The molecule has 0 spiro atoms. The maximum atomic E-state index is 12.3. The van der Waals surface area contributed by atoms with Crippen LogP contribution in [0.5, 0.6) is 0 Å². The molecule has 0 aliphatic carbocycles. The van der Waals surface area contributed by atoms with Crippen LogP contribution >= 0.6 is 0 Å². The fourth-order valence-corrected chi connectivity index (χ4v) is 3.09. The number of aryl methyl sites for hydroxylation is 1. The minimum absolute atomic E-state index is 0.243. The summed E-state index contributed by atoms with van der Waals surface area (Å²) in [6.45, 7) is 9.36. The summed E-state index contributed by atoms with van der Waals surface area (Å²) in [5.41, 5.74) is 2.58. The topological polar surface area (TPSA) is 36.0 Å². The van der Waals surface area contributed by atoms with Crippen molar-refractivity contribution in [2.45, 2.75) is 6.92 Å². The van der Waals surface area contributed by atoms with Crippen LogP contribution in [0.4, 0.5) is 5.69 Å². The van der Waals surface area contributed by atoms with Gasteiger partial charge in [-0.3, -0.25) is 9.69 Å². The summed E-state index contributed by atoms with van der Waals surface area (Å²) in [4.78, 5) is 18.9. The number of piperazine rings is 1. The number of carbonyl (C=O) groups is 1. The molecule has 0 radical (unpaired) electrons. The molecule has 0 bridgehead atoms. The van der Waals surface area contributed by atoms with Gasteiger partial charge in [-0.1, -0.05) is 12.1 Å². The van der Waals surface area contributed by atoms with Crippen molar-refractivity contribution in [2.75, 3.05) is 63.9 Å². The zero-order valence-electron chi connectivity index (χ0n) is 13.3. The van der Waals surface area contributed by atoms with Crippen molar-refractivity contribution in [1.29, 1.82) is 0 Å². The smallest absolute Gasteiger partial charge is 0.236 e. The first-order valence-electron chi connectivity index (χ1n) is 8.12. The average Bonchev–Trinajstić information content (AvgIpc) is 2.56. The second-order valence-corrected chi connectivity index (χ2v) is 6.10. The Labute approximate surface area is 132 Å². The Morgan fingerprint density at radius 3 is 2.50 bits per heavy atom. The summed E-state index contributed by atoms with van der Waals surface area (Å²) in [5.74, 6) is 0.243. The number of nitrogens with zero attached hydrogens (tertiary/aromatic N) is 3. The van der Waals surface area contributed by atoms with E-state index in [1.807, 2.05) is 4.90 Å². The van der Waals surface area contributed by atoms with E-state index in [0.717, 1.165) is 39.3 Å². The molecule has 0 saturated carbocycles. The van der Waals surface area contributed by atoms with Gasteiger partial charge >= 0.3 is 0 Å². The molecule has 120 valence electrons. The molecular weight excluding hydrogens is 278 g/mol. The van der Waals surface area contributed by atoms with Gasteiger partial charge in [0.25, 0.3) is 0 Å². The van der Waals surface area contributed by atoms with Gasteiger partial charge in [0.15, 0.2) is 0 Å². The zero-order valence-corrected chi connectivity index (χ0v) is 13.3. The van der Waals surface area contributed by atoms with Crippen LogP contribution in [0.3, 0.4) is 0 Å². The summed E-state index contributed by atoms with van der Waals surface area (Å²) in [6.07, 6.45) is 0. The molecule has 3 rings (SSSR count). The van der Waals surface area contributed by atoms with Gasteiger partial charge in [-0.25, -0.2) is 0 Å². The Balaban J connectivity index is 1.48. The second-order valence-electron chi connectivity index (χ2n) is 6.10. The number of morpholine rings is 1. The lowest BCUT2D eigenvalue weighted by Gasteiger charge is -2.37. The van der Waals surface area contributed by atoms with Crippen molar-refractivity contribution in [3.63, 3.8) is 0 Å². The van der Waals surface area contributed by atoms with Crippen LogP contribution in [0.1, 0.15) is 5.56 Å². The van der Waals surface area contributed by atoms with E-state index in [0.29, 0.717) is 19.8 Å². The van der Waals surface area contributed by atoms with Gasteiger partial charge in [-0.05, 0) is 24.6 Å². The number of hydrogen-bond donors (Lipinski definition) is 0. The van der Waals surface area contributed by atoms with Crippen LogP contribution in [0, 0.1) is 6.92 Å². The summed E-state index contributed by atoms with van der Waals surface area (Å²) in [6, 6.07) is 8.63. The van der Waals surface area contributed by atoms with E-state index in [4.69, 9.17) is 4.74 Å². The minimum Gasteiger partial charge on any atom is -0.378 e. The first-order chi connectivity index (χ1) is 10.7. The van der Waals surface area contributed by atoms with Crippen molar-refractivity contribution in [2.24, 2.45) is 0 Å². The number of anilines is 1. The average molecular weight is 303 g/mol. The summed E-state index contributed by atoms with van der Waals surface area (Å²) in [5, 5.41) is 0. The highest BCUT2D eigenvalue weighted by atomic mass is 16.5. The third-order valence-electron chi connectivity index (χ3n) is 4.46. The lowest BCUT2D eigenvalue weighted by molar-refractivity contribution is -0.136. The van der Waals surface area contributed by atoms with E-state index in [2.05, 4.69) is 41.0 Å². The van der Waals surface area contributed by atoms with Crippen LogP contribution in [-0.4, -0.2) is 74.7 Å². The van der Waals surface area contributed by atoms with Crippen molar-refractivity contribution >= 4 is 11.6 Å². The molecule has 1 aromatic rings. The van der Waals surface area contributed by atoms with Crippen molar-refractivity contribution in [3.05, 3.63) is 29.8 Å². The Morgan fingerprint density at radius 1 is 1.09 bits per heavy atom. The first-order valence-corrected chi connectivity index (χ1v) is 8.12. The van der Waals surface area contributed by atoms with Crippen LogP contribution in [-0.2, 0) is 9.53 Å². The number of hydrogen-bond acceptors (Lipinski definition) is 4. The van der Waals surface area contributed by atoms with E-state index < -0.39 is 0 Å². The number of ether oxygens (including phenoxy) is 1. The fraction of sp³-hybridized carbons (Fsp3) is 0.588. The van der Waals surface area contributed by atoms with Crippen LogP contribution < -0.4 is 4.90 Å².